The number of aryl methyl sites for hydroxylation is 2. The third-order valence-corrected chi connectivity index (χ3v) is 3.83. The number of anilines is 3. The molecule has 0 aliphatic carbocycles. The van der Waals surface area contributed by atoms with Crippen molar-refractivity contribution in [1.82, 2.24) is 9.97 Å². The Kier molecular flexibility index (Phi) is 5.12. The highest BCUT2D eigenvalue weighted by atomic mass is 16.1. The van der Waals surface area contributed by atoms with Gasteiger partial charge in [-0.05, 0) is 56.3 Å². The van der Waals surface area contributed by atoms with Crippen LogP contribution in [0.2, 0.25) is 0 Å². The van der Waals surface area contributed by atoms with Gasteiger partial charge in [-0.25, -0.2) is 14.9 Å². The lowest BCUT2D eigenvalue weighted by Gasteiger charge is -2.21. The highest BCUT2D eigenvalue weighted by molar-refractivity contribution is 6.04. The molecular weight excluding hydrogens is 340 g/mol. The SMILES string of the molecule is Cc1cc(C)nc(N(C(=N)N)c2ccc(NC(=O)c3ccccc3)cc2)n1. The number of benzene rings is 2. The van der Waals surface area contributed by atoms with Crippen LogP contribution < -0.4 is 16.0 Å². The van der Waals surface area contributed by atoms with Crippen LogP contribution in [0.5, 0.6) is 0 Å². The summed E-state index contributed by atoms with van der Waals surface area (Å²) in [6.07, 6.45) is 0. The fraction of sp³-hybridized carbons (Fsp3) is 0.100. The molecule has 0 atom stereocenters. The van der Waals surface area contributed by atoms with E-state index in [0.29, 0.717) is 22.9 Å². The second-order valence-corrected chi connectivity index (χ2v) is 6.04. The van der Waals surface area contributed by atoms with Crippen LogP contribution in [-0.2, 0) is 0 Å². The Balaban J connectivity index is 1.84. The van der Waals surface area contributed by atoms with E-state index in [1.807, 2.05) is 38.1 Å². The summed E-state index contributed by atoms with van der Waals surface area (Å²) in [7, 11) is 0. The molecule has 0 unspecified atom stereocenters. The van der Waals surface area contributed by atoms with Crippen molar-refractivity contribution in [3.05, 3.63) is 77.6 Å². The number of guanidine groups is 1. The van der Waals surface area contributed by atoms with Gasteiger partial charge in [0.15, 0.2) is 5.96 Å². The first-order valence-electron chi connectivity index (χ1n) is 8.37. The van der Waals surface area contributed by atoms with Gasteiger partial charge in [0, 0.05) is 22.6 Å². The fourth-order valence-corrected chi connectivity index (χ4v) is 2.66. The van der Waals surface area contributed by atoms with E-state index in [1.165, 1.54) is 4.90 Å². The molecule has 0 radical (unpaired) electrons. The largest absolute Gasteiger partial charge is 0.369 e. The van der Waals surface area contributed by atoms with Crippen LogP contribution in [0.4, 0.5) is 17.3 Å². The Labute approximate surface area is 157 Å². The maximum atomic E-state index is 12.2. The summed E-state index contributed by atoms with van der Waals surface area (Å²) in [6, 6.07) is 17.8. The van der Waals surface area contributed by atoms with Gasteiger partial charge in [0.25, 0.3) is 5.91 Å². The normalized spacial score (nSPS) is 10.3. The number of nitrogens with two attached hydrogens (primary N) is 1. The quantitative estimate of drug-likeness (QED) is 0.488. The van der Waals surface area contributed by atoms with Gasteiger partial charge in [0.1, 0.15) is 0 Å². The van der Waals surface area contributed by atoms with Gasteiger partial charge in [-0.15, -0.1) is 0 Å². The number of hydrogen-bond acceptors (Lipinski definition) is 4. The number of nitrogens with one attached hydrogen (secondary N) is 2. The number of nitrogens with zero attached hydrogens (tertiary/aromatic N) is 3. The summed E-state index contributed by atoms with van der Waals surface area (Å²) in [4.78, 5) is 22.4. The Morgan fingerprint density at radius 2 is 1.59 bits per heavy atom. The van der Waals surface area contributed by atoms with Gasteiger partial charge >= 0.3 is 0 Å². The predicted molar refractivity (Wildman–Crippen MR) is 106 cm³/mol. The van der Waals surface area contributed by atoms with E-state index in [-0.39, 0.29) is 11.9 Å². The minimum atomic E-state index is -0.193. The molecule has 7 nitrogen and oxygen atoms in total. The number of carbonyl (C=O) groups excluding carboxylic acids is 1. The van der Waals surface area contributed by atoms with Gasteiger partial charge in [0.2, 0.25) is 5.95 Å². The van der Waals surface area contributed by atoms with Crippen LogP contribution in [0, 0.1) is 19.3 Å². The van der Waals surface area contributed by atoms with Crippen LogP contribution in [0.3, 0.4) is 0 Å². The smallest absolute Gasteiger partial charge is 0.255 e. The molecule has 1 heterocycles. The summed E-state index contributed by atoms with van der Waals surface area (Å²) in [5.41, 5.74) is 9.18. The molecule has 7 heteroatoms. The average Bonchev–Trinajstić information content (AvgIpc) is 2.63. The zero-order valence-electron chi connectivity index (χ0n) is 15.1. The summed E-state index contributed by atoms with van der Waals surface area (Å²) in [5.74, 6) is -0.0495. The third kappa shape index (κ3) is 4.27. The molecule has 0 fully saturated rings. The maximum Gasteiger partial charge on any atom is 0.255 e. The topological polar surface area (TPSA) is 108 Å². The molecule has 3 aromatic rings. The molecule has 0 saturated carbocycles. The molecule has 0 aliphatic heterocycles. The van der Waals surface area contributed by atoms with Crippen molar-refractivity contribution in [3.63, 3.8) is 0 Å². The lowest BCUT2D eigenvalue weighted by molar-refractivity contribution is 0.102. The Morgan fingerprint density at radius 3 is 2.15 bits per heavy atom. The number of rotatable bonds is 4. The lowest BCUT2D eigenvalue weighted by atomic mass is 10.2. The van der Waals surface area contributed by atoms with Crippen LogP contribution in [-0.4, -0.2) is 21.8 Å². The number of amides is 1. The minimum absolute atomic E-state index is 0.190. The average molecular weight is 360 g/mol. The summed E-state index contributed by atoms with van der Waals surface area (Å²) < 4.78 is 0. The Hall–Kier alpha value is -3.74. The Morgan fingerprint density at radius 1 is 1.00 bits per heavy atom. The molecule has 2 aromatic carbocycles. The van der Waals surface area contributed by atoms with Crippen LogP contribution >= 0.6 is 0 Å². The van der Waals surface area contributed by atoms with Gasteiger partial charge in [-0.2, -0.15) is 0 Å². The first-order valence-corrected chi connectivity index (χ1v) is 8.37. The van der Waals surface area contributed by atoms with E-state index in [0.717, 1.165) is 11.4 Å². The van der Waals surface area contributed by atoms with Crippen molar-refractivity contribution in [1.29, 1.82) is 5.41 Å². The van der Waals surface area contributed by atoms with Crippen molar-refractivity contribution in [3.8, 4) is 0 Å². The second kappa shape index (κ2) is 7.65. The zero-order chi connectivity index (χ0) is 19.4. The summed E-state index contributed by atoms with van der Waals surface area (Å²) in [5, 5.41) is 10.7. The van der Waals surface area contributed by atoms with Gasteiger partial charge in [0.05, 0.1) is 5.69 Å². The molecule has 0 spiro atoms. The minimum Gasteiger partial charge on any atom is -0.369 e. The molecule has 4 N–H and O–H groups in total. The highest BCUT2D eigenvalue weighted by Crippen LogP contribution is 2.24. The van der Waals surface area contributed by atoms with Gasteiger partial charge in [-0.3, -0.25) is 10.2 Å². The van der Waals surface area contributed by atoms with E-state index in [1.54, 1.807) is 36.4 Å². The van der Waals surface area contributed by atoms with Crippen molar-refractivity contribution in [2.45, 2.75) is 13.8 Å². The van der Waals surface area contributed by atoms with Crippen LogP contribution in [0.15, 0.2) is 60.7 Å². The zero-order valence-corrected chi connectivity index (χ0v) is 15.1. The van der Waals surface area contributed by atoms with E-state index >= 15 is 0 Å². The first kappa shape index (κ1) is 18.1. The maximum absolute atomic E-state index is 12.2. The molecule has 27 heavy (non-hydrogen) atoms. The van der Waals surface area contributed by atoms with Gasteiger partial charge < -0.3 is 11.1 Å². The van der Waals surface area contributed by atoms with Crippen molar-refractivity contribution in [2.24, 2.45) is 5.73 Å². The third-order valence-electron chi connectivity index (χ3n) is 3.83. The van der Waals surface area contributed by atoms with E-state index in [2.05, 4.69) is 15.3 Å². The van der Waals surface area contributed by atoms with E-state index < -0.39 is 0 Å². The molecule has 0 bridgehead atoms. The summed E-state index contributed by atoms with van der Waals surface area (Å²) >= 11 is 0. The van der Waals surface area contributed by atoms with Crippen LogP contribution in [0.1, 0.15) is 21.7 Å². The van der Waals surface area contributed by atoms with Crippen molar-refractivity contribution in [2.75, 3.05) is 10.2 Å². The van der Waals surface area contributed by atoms with Gasteiger partial charge in [-0.1, -0.05) is 18.2 Å². The van der Waals surface area contributed by atoms with Crippen LogP contribution in [0.25, 0.3) is 0 Å². The second-order valence-electron chi connectivity index (χ2n) is 6.04. The van der Waals surface area contributed by atoms with E-state index in [9.17, 15) is 4.79 Å². The molecule has 1 amide bonds. The predicted octanol–water partition coefficient (Wildman–Crippen LogP) is 3.38. The molecule has 3 rings (SSSR count). The molecule has 136 valence electrons. The first-order chi connectivity index (χ1) is 12.9. The summed E-state index contributed by atoms with van der Waals surface area (Å²) in [6.45, 7) is 3.72. The standard InChI is InChI=1S/C20H20N6O/c1-13-12-14(2)24-20(23-13)26(19(21)22)17-10-8-16(9-11-17)25-18(27)15-6-4-3-5-7-15/h3-12H,1-2H3,(H3,21,22)(H,25,27). The number of aromatic nitrogens is 2. The fourth-order valence-electron chi connectivity index (χ4n) is 2.66. The molecule has 0 aliphatic rings. The van der Waals surface area contributed by atoms with Crippen molar-refractivity contribution >= 4 is 29.2 Å². The van der Waals surface area contributed by atoms with Crippen molar-refractivity contribution < 1.29 is 4.79 Å². The lowest BCUT2D eigenvalue weighted by Crippen LogP contribution is -2.33. The molecule has 1 aromatic heterocycles. The number of carbonyl (C=O) groups is 1. The monoisotopic (exact) mass is 360 g/mol. The van der Waals surface area contributed by atoms with E-state index in [4.69, 9.17) is 11.1 Å². The molecular formula is C20H20N6O. The number of hydrogen-bond donors (Lipinski definition) is 3. The highest BCUT2D eigenvalue weighted by Gasteiger charge is 2.16. The molecule has 0 saturated heterocycles. The Bertz CT molecular complexity index is 949.